The van der Waals surface area contributed by atoms with Crippen molar-refractivity contribution < 1.29 is 9.21 Å². The van der Waals surface area contributed by atoms with E-state index in [0.717, 1.165) is 30.5 Å². The largest absolute Gasteiger partial charge is 0.469 e. The Labute approximate surface area is 71.9 Å². The Morgan fingerprint density at radius 1 is 1.67 bits per heavy atom. The van der Waals surface area contributed by atoms with E-state index in [1.807, 2.05) is 18.2 Å². The normalized spacial score (nSPS) is 11.6. The quantitative estimate of drug-likeness (QED) is 0.505. The number of rotatable bonds is 4. The number of allylic oxidation sites excluding steroid dienone is 2. The molecule has 0 fully saturated rings. The van der Waals surface area contributed by atoms with Crippen molar-refractivity contribution in [1.82, 2.24) is 0 Å². The summed E-state index contributed by atoms with van der Waals surface area (Å²) in [7, 11) is 0. The van der Waals surface area contributed by atoms with Crippen LogP contribution in [0.25, 0.3) is 0 Å². The molecule has 12 heavy (non-hydrogen) atoms. The Balaban J connectivity index is 2.32. The molecule has 1 aromatic heterocycles. The topological polar surface area (TPSA) is 30.2 Å². The Hall–Kier alpha value is -1.31. The van der Waals surface area contributed by atoms with Gasteiger partial charge in [0.15, 0.2) is 0 Å². The first-order valence-electron chi connectivity index (χ1n) is 3.97. The molecule has 0 radical (unpaired) electrons. The minimum atomic E-state index is 0.779. The maximum atomic E-state index is 10.2. The predicted molar refractivity (Wildman–Crippen MR) is 46.9 cm³/mol. The minimum absolute atomic E-state index is 0.779. The van der Waals surface area contributed by atoms with Crippen molar-refractivity contribution >= 4 is 6.29 Å². The van der Waals surface area contributed by atoms with Gasteiger partial charge in [0, 0.05) is 6.42 Å². The first-order chi connectivity index (χ1) is 5.83. The van der Waals surface area contributed by atoms with Gasteiger partial charge in [0.05, 0.1) is 6.26 Å². The molecule has 0 saturated heterocycles. The van der Waals surface area contributed by atoms with Gasteiger partial charge in [0.2, 0.25) is 0 Å². The van der Waals surface area contributed by atoms with E-state index < -0.39 is 0 Å². The van der Waals surface area contributed by atoms with E-state index >= 15 is 0 Å². The van der Waals surface area contributed by atoms with E-state index in [0.29, 0.717) is 0 Å². The van der Waals surface area contributed by atoms with Crippen LogP contribution in [0.1, 0.15) is 19.1 Å². The van der Waals surface area contributed by atoms with Crippen molar-refractivity contribution in [2.45, 2.75) is 19.8 Å². The van der Waals surface area contributed by atoms with Crippen LogP contribution in [0.4, 0.5) is 0 Å². The lowest BCUT2D eigenvalue weighted by atomic mass is 10.2. The van der Waals surface area contributed by atoms with Gasteiger partial charge in [-0.2, -0.15) is 0 Å². The molecule has 64 valence electrons. The third-order valence-electron chi connectivity index (χ3n) is 1.62. The molecule has 2 nitrogen and oxygen atoms in total. The summed E-state index contributed by atoms with van der Waals surface area (Å²) in [6.45, 7) is 1.80. The van der Waals surface area contributed by atoms with E-state index in [1.54, 1.807) is 13.2 Å². The van der Waals surface area contributed by atoms with Crippen molar-refractivity contribution in [1.29, 1.82) is 0 Å². The van der Waals surface area contributed by atoms with Gasteiger partial charge in [-0.1, -0.05) is 6.08 Å². The van der Waals surface area contributed by atoms with Crippen molar-refractivity contribution in [3.05, 3.63) is 35.8 Å². The van der Waals surface area contributed by atoms with Crippen LogP contribution in [0, 0.1) is 0 Å². The van der Waals surface area contributed by atoms with Crippen LogP contribution >= 0.6 is 0 Å². The highest BCUT2D eigenvalue weighted by Crippen LogP contribution is 2.04. The predicted octanol–water partition coefficient (Wildman–Crippen LogP) is 2.36. The number of furan rings is 1. The summed E-state index contributed by atoms with van der Waals surface area (Å²) in [5.41, 5.74) is 0.779. The summed E-state index contributed by atoms with van der Waals surface area (Å²) < 4.78 is 5.13. The standard InChI is InChI=1S/C10H12O2/c1-9(8-11)4-2-5-10-6-3-7-12-10/h3-4,6-8H,2,5H2,1H3. The molecule has 1 heterocycles. The Morgan fingerprint density at radius 2 is 2.50 bits per heavy atom. The highest BCUT2D eigenvalue weighted by atomic mass is 16.3. The molecule has 0 aromatic carbocycles. The molecule has 0 unspecified atom stereocenters. The molecular weight excluding hydrogens is 152 g/mol. The highest BCUT2D eigenvalue weighted by molar-refractivity contribution is 5.71. The summed E-state index contributed by atoms with van der Waals surface area (Å²) in [4.78, 5) is 10.2. The molecule has 0 bridgehead atoms. The monoisotopic (exact) mass is 164 g/mol. The summed E-state index contributed by atoms with van der Waals surface area (Å²) in [5.74, 6) is 0.963. The second-order valence-corrected chi connectivity index (χ2v) is 2.68. The van der Waals surface area contributed by atoms with Crippen LogP contribution in [0.15, 0.2) is 34.5 Å². The van der Waals surface area contributed by atoms with Crippen LogP contribution in [0.2, 0.25) is 0 Å². The molecule has 0 N–H and O–H groups in total. The third kappa shape index (κ3) is 2.74. The van der Waals surface area contributed by atoms with E-state index in [9.17, 15) is 4.79 Å². The highest BCUT2D eigenvalue weighted by Gasteiger charge is 1.92. The smallest absolute Gasteiger partial charge is 0.145 e. The fraction of sp³-hybridized carbons (Fsp3) is 0.300. The number of hydrogen-bond donors (Lipinski definition) is 0. The van der Waals surface area contributed by atoms with E-state index in [4.69, 9.17) is 4.42 Å². The fourth-order valence-corrected chi connectivity index (χ4v) is 0.945. The zero-order chi connectivity index (χ0) is 8.81. The van der Waals surface area contributed by atoms with Gasteiger partial charge in [-0.15, -0.1) is 0 Å². The van der Waals surface area contributed by atoms with Crippen LogP contribution < -0.4 is 0 Å². The average molecular weight is 164 g/mol. The van der Waals surface area contributed by atoms with Crippen LogP contribution in [-0.4, -0.2) is 6.29 Å². The number of carbonyl (C=O) groups excluding carboxylic acids is 1. The average Bonchev–Trinajstić information content (AvgIpc) is 2.57. The van der Waals surface area contributed by atoms with Crippen LogP contribution in [0.5, 0.6) is 0 Å². The molecule has 0 aliphatic carbocycles. The first kappa shape index (κ1) is 8.78. The number of aryl methyl sites for hydroxylation is 1. The molecule has 0 aliphatic heterocycles. The molecule has 0 spiro atoms. The zero-order valence-electron chi connectivity index (χ0n) is 7.12. The van der Waals surface area contributed by atoms with Gasteiger partial charge < -0.3 is 4.42 Å². The first-order valence-corrected chi connectivity index (χ1v) is 3.97. The van der Waals surface area contributed by atoms with Crippen molar-refractivity contribution in [2.75, 3.05) is 0 Å². The van der Waals surface area contributed by atoms with E-state index in [-0.39, 0.29) is 0 Å². The number of hydrogen-bond acceptors (Lipinski definition) is 2. The number of carbonyl (C=O) groups is 1. The van der Waals surface area contributed by atoms with E-state index in [1.165, 1.54) is 0 Å². The minimum Gasteiger partial charge on any atom is -0.469 e. The lowest BCUT2D eigenvalue weighted by Gasteiger charge is -1.91. The van der Waals surface area contributed by atoms with Crippen molar-refractivity contribution in [3.63, 3.8) is 0 Å². The van der Waals surface area contributed by atoms with Gasteiger partial charge in [0.1, 0.15) is 12.0 Å². The van der Waals surface area contributed by atoms with Gasteiger partial charge in [-0.25, -0.2) is 0 Å². The Kier molecular flexibility index (Phi) is 3.33. The molecule has 0 saturated carbocycles. The zero-order valence-corrected chi connectivity index (χ0v) is 7.12. The Morgan fingerprint density at radius 3 is 3.08 bits per heavy atom. The summed E-state index contributed by atoms with van der Waals surface area (Å²) >= 11 is 0. The second kappa shape index (κ2) is 4.54. The van der Waals surface area contributed by atoms with Crippen molar-refractivity contribution in [2.24, 2.45) is 0 Å². The van der Waals surface area contributed by atoms with Gasteiger partial charge in [0.25, 0.3) is 0 Å². The molecule has 0 aliphatic rings. The molecule has 1 rings (SSSR count). The molecular formula is C10H12O2. The van der Waals surface area contributed by atoms with Gasteiger partial charge >= 0.3 is 0 Å². The summed E-state index contributed by atoms with van der Waals surface area (Å²) in [6, 6.07) is 3.80. The van der Waals surface area contributed by atoms with Crippen LogP contribution in [0.3, 0.4) is 0 Å². The molecule has 0 amide bonds. The van der Waals surface area contributed by atoms with Crippen LogP contribution in [-0.2, 0) is 11.2 Å². The van der Waals surface area contributed by atoms with Gasteiger partial charge in [-0.05, 0) is 31.1 Å². The number of aldehydes is 1. The maximum Gasteiger partial charge on any atom is 0.145 e. The third-order valence-corrected chi connectivity index (χ3v) is 1.62. The maximum absolute atomic E-state index is 10.2. The summed E-state index contributed by atoms with van der Waals surface area (Å²) in [5, 5.41) is 0. The van der Waals surface area contributed by atoms with Crippen molar-refractivity contribution in [3.8, 4) is 0 Å². The molecule has 0 atom stereocenters. The lowest BCUT2D eigenvalue weighted by Crippen LogP contribution is -1.81. The van der Waals surface area contributed by atoms with Gasteiger partial charge in [-0.3, -0.25) is 4.79 Å². The van der Waals surface area contributed by atoms with E-state index in [2.05, 4.69) is 0 Å². The fourth-order valence-electron chi connectivity index (χ4n) is 0.945. The SMILES string of the molecule is CC(C=O)=CCCc1ccco1. The molecule has 2 heteroatoms. The lowest BCUT2D eigenvalue weighted by molar-refractivity contribution is -0.104. The molecule has 1 aromatic rings. The Bertz CT molecular complexity index is 257. The second-order valence-electron chi connectivity index (χ2n) is 2.68. The summed E-state index contributed by atoms with van der Waals surface area (Å²) in [6.07, 6.45) is 6.15.